The van der Waals surface area contributed by atoms with E-state index in [1.54, 1.807) is 7.11 Å². The quantitative estimate of drug-likeness (QED) is 0.776. The maximum Gasteiger partial charge on any atom is 0.203 e. The molecular weight excluding hydrogens is 228 g/mol. The lowest BCUT2D eigenvalue weighted by molar-refractivity contribution is 0.190. The van der Waals surface area contributed by atoms with Gasteiger partial charge in [0.1, 0.15) is 0 Å². The lowest BCUT2D eigenvalue weighted by Gasteiger charge is -2.15. The summed E-state index contributed by atoms with van der Waals surface area (Å²) >= 11 is 0. The SMILES string of the molecule is COCCCn1cc(C)nc1NC1CCN(C)C1. The van der Waals surface area contributed by atoms with Crippen LogP contribution in [0.3, 0.4) is 0 Å². The molecule has 1 saturated heterocycles. The molecule has 18 heavy (non-hydrogen) atoms. The summed E-state index contributed by atoms with van der Waals surface area (Å²) in [7, 11) is 3.91. The molecule has 1 N–H and O–H groups in total. The van der Waals surface area contributed by atoms with E-state index in [1.165, 1.54) is 13.0 Å². The third-order valence-corrected chi connectivity index (χ3v) is 3.37. The van der Waals surface area contributed by atoms with Gasteiger partial charge in [-0.05, 0) is 33.4 Å². The molecule has 1 aromatic rings. The highest BCUT2D eigenvalue weighted by Gasteiger charge is 2.20. The van der Waals surface area contributed by atoms with Crippen LogP contribution in [-0.4, -0.2) is 54.3 Å². The summed E-state index contributed by atoms with van der Waals surface area (Å²) in [5.41, 5.74) is 1.07. The first-order valence-electron chi connectivity index (χ1n) is 6.67. The lowest BCUT2D eigenvalue weighted by Crippen LogP contribution is -2.25. The number of likely N-dealkylation sites (tertiary alicyclic amines) is 1. The van der Waals surface area contributed by atoms with Gasteiger partial charge in [-0.2, -0.15) is 0 Å². The molecule has 1 aromatic heterocycles. The Kier molecular flexibility index (Phi) is 4.60. The summed E-state index contributed by atoms with van der Waals surface area (Å²) in [6.07, 6.45) is 4.32. The Bertz CT molecular complexity index is 377. The van der Waals surface area contributed by atoms with Crippen LogP contribution in [0.4, 0.5) is 5.95 Å². The van der Waals surface area contributed by atoms with Crippen molar-refractivity contribution in [2.75, 3.05) is 39.2 Å². The first kappa shape index (κ1) is 13.4. The van der Waals surface area contributed by atoms with Crippen LogP contribution in [0.15, 0.2) is 6.20 Å². The molecule has 1 atom stereocenters. The lowest BCUT2D eigenvalue weighted by atomic mass is 10.3. The summed E-state index contributed by atoms with van der Waals surface area (Å²) in [4.78, 5) is 6.92. The van der Waals surface area contributed by atoms with Crippen molar-refractivity contribution in [1.82, 2.24) is 14.5 Å². The van der Waals surface area contributed by atoms with Gasteiger partial charge in [-0.1, -0.05) is 0 Å². The number of hydrogen-bond donors (Lipinski definition) is 1. The van der Waals surface area contributed by atoms with E-state index in [0.29, 0.717) is 6.04 Å². The molecule has 0 amide bonds. The number of hydrogen-bond acceptors (Lipinski definition) is 4. The number of nitrogens with zero attached hydrogens (tertiary/aromatic N) is 3. The van der Waals surface area contributed by atoms with Crippen LogP contribution in [0.2, 0.25) is 0 Å². The van der Waals surface area contributed by atoms with Crippen LogP contribution in [-0.2, 0) is 11.3 Å². The molecule has 1 fully saturated rings. The summed E-state index contributed by atoms with van der Waals surface area (Å²) in [5.74, 6) is 1.00. The number of imidazole rings is 1. The average Bonchev–Trinajstić information content (AvgIpc) is 2.87. The minimum atomic E-state index is 0.526. The number of methoxy groups -OCH3 is 1. The number of aromatic nitrogens is 2. The number of rotatable bonds is 6. The predicted octanol–water partition coefficient (Wildman–Crippen LogP) is 1.34. The molecule has 0 radical (unpaired) electrons. The zero-order valence-electron chi connectivity index (χ0n) is 11.6. The van der Waals surface area contributed by atoms with E-state index in [4.69, 9.17) is 4.74 Å². The predicted molar refractivity (Wildman–Crippen MR) is 73.0 cm³/mol. The monoisotopic (exact) mass is 252 g/mol. The van der Waals surface area contributed by atoms with Crippen LogP contribution < -0.4 is 5.32 Å². The van der Waals surface area contributed by atoms with Crippen molar-refractivity contribution in [3.8, 4) is 0 Å². The van der Waals surface area contributed by atoms with Crippen LogP contribution in [0, 0.1) is 6.92 Å². The molecule has 0 bridgehead atoms. The smallest absolute Gasteiger partial charge is 0.203 e. The molecule has 1 aliphatic rings. The van der Waals surface area contributed by atoms with Gasteiger partial charge in [0.05, 0.1) is 5.69 Å². The Morgan fingerprint density at radius 3 is 3.06 bits per heavy atom. The van der Waals surface area contributed by atoms with Gasteiger partial charge in [-0.25, -0.2) is 4.98 Å². The summed E-state index contributed by atoms with van der Waals surface area (Å²) in [5, 5.41) is 3.56. The Labute approximate surface area is 109 Å². The molecule has 5 nitrogen and oxygen atoms in total. The molecule has 0 saturated carbocycles. The summed E-state index contributed by atoms with van der Waals surface area (Å²) in [6, 6.07) is 0.526. The Hall–Kier alpha value is -1.07. The zero-order chi connectivity index (χ0) is 13.0. The second-order valence-corrected chi connectivity index (χ2v) is 5.14. The maximum absolute atomic E-state index is 5.10. The second-order valence-electron chi connectivity index (χ2n) is 5.14. The van der Waals surface area contributed by atoms with Crippen LogP contribution in [0.1, 0.15) is 18.5 Å². The number of nitrogens with one attached hydrogen (secondary N) is 1. The van der Waals surface area contributed by atoms with Crippen LogP contribution in [0.25, 0.3) is 0 Å². The Morgan fingerprint density at radius 1 is 1.56 bits per heavy atom. The fourth-order valence-corrected chi connectivity index (χ4v) is 2.45. The number of likely N-dealkylation sites (N-methyl/N-ethyl adjacent to an activating group) is 1. The number of aryl methyl sites for hydroxylation is 2. The normalized spacial score (nSPS) is 20.5. The standard InChI is InChI=1S/C13H24N4O/c1-11-9-17(6-4-8-18-3)13(14-11)15-12-5-7-16(2)10-12/h9,12H,4-8,10H2,1-3H3,(H,14,15). The first-order chi connectivity index (χ1) is 8.69. The minimum absolute atomic E-state index is 0.526. The average molecular weight is 252 g/mol. The Morgan fingerprint density at radius 2 is 2.39 bits per heavy atom. The van der Waals surface area contributed by atoms with E-state index >= 15 is 0 Å². The van der Waals surface area contributed by atoms with Crippen molar-refractivity contribution in [1.29, 1.82) is 0 Å². The summed E-state index contributed by atoms with van der Waals surface area (Å²) < 4.78 is 7.30. The fraction of sp³-hybridized carbons (Fsp3) is 0.769. The molecule has 5 heteroatoms. The van der Waals surface area contributed by atoms with Gasteiger partial charge < -0.3 is 19.5 Å². The van der Waals surface area contributed by atoms with E-state index in [1.807, 2.05) is 6.92 Å². The van der Waals surface area contributed by atoms with Crippen molar-refractivity contribution in [2.45, 2.75) is 32.4 Å². The van der Waals surface area contributed by atoms with Crippen LogP contribution in [0.5, 0.6) is 0 Å². The highest BCUT2D eigenvalue weighted by Crippen LogP contribution is 2.15. The first-order valence-corrected chi connectivity index (χ1v) is 6.67. The van der Waals surface area contributed by atoms with Gasteiger partial charge in [-0.3, -0.25) is 0 Å². The van der Waals surface area contributed by atoms with E-state index in [9.17, 15) is 0 Å². The van der Waals surface area contributed by atoms with Gasteiger partial charge in [0.15, 0.2) is 0 Å². The van der Waals surface area contributed by atoms with E-state index in [0.717, 1.165) is 37.8 Å². The summed E-state index contributed by atoms with van der Waals surface area (Å²) in [6.45, 7) is 6.06. The molecule has 2 heterocycles. The van der Waals surface area contributed by atoms with Crippen molar-refractivity contribution in [2.24, 2.45) is 0 Å². The Balaban J connectivity index is 1.94. The molecule has 0 aliphatic carbocycles. The molecule has 1 aliphatic heterocycles. The van der Waals surface area contributed by atoms with Gasteiger partial charge in [-0.15, -0.1) is 0 Å². The van der Waals surface area contributed by atoms with Crippen molar-refractivity contribution >= 4 is 5.95 Å². The highest BCUT2D eigenvalue weighted by atomic mass is 16.5. The third kappa shape index (κ3) is 3.46. The zero-order valence-corrected chi connectivity index (χ0v) is 11.6. The van der Waals surface area contributed by atoms with Gasteiger partial charge in [0.25, 0.3) is 0 Å². The van der Waals surface area contributed by atoms with E-state index in [-0.39, 0.29) is 0 Å². The van der Waals surface area contributed by atoms with Crippen molar-refractivity contribution < 1.29 is 4.74 Å². The van der Waals surface area contributed by atoms with Crippen LogP contribution >= 0.6 is 0 Å². The number of ether oxygens (including phenoxy) is 1. The molecule has 1 unspecified atom stereocenters. The minimum Gasteiger partial charge on any atom is -0.385 e. The largest absolute Gasteiger partial charge is 0.385 e. The molecular formula is C13H24N4O. The fourth-order valence-electron chi connectivity index (χ4n) is 2.45. The van der Waals surface area contributed by atoms with E-state index in [2.05, 4.69) is 33.0 Å². The van der Waals surface area contributed by atoms with Gasteiger partial charge in [0, 0.05) is 39.0 Å². The van der Waals surface area contributed by atoms with Gasteiger partial charge in [0.2, 0.25) is 5.95 Å². The molecule has 102 valence electrons. The van der Waals surface area contributed by atoms with Crippen molar-refractivity contribution in [3.05, 3.63) is 11.9 Å². The van der Waals surface area contributed by atoms with Gasteiger partial charge >= 0.3 is 0 Å². The maximum atomic E-state index is 5.10. The molecule has 0 aromatic carbocycles. The molecule has 0 spiro atoms. The number of anilines is 1. The third-order valence-electron chi connectivity index (χ3n) is 3.37. The van der Waals surface area contributed by atoms with E-state index < -0.39 is 0 Å². The highest BCUT2D eigenvalue weighted by molar-refractivity contribution is 5.30. The topological polar surface area (TPSA) is 42.3 Å². The van der Waals surface area contributed by atoms with Crippen molar-refractivity contribution in [3.63, 3.8) is 0 Å². The molecule has 2 rings (SSSR count). The second kappa shape index (κ2) is 6.20.